The van der Waals surface area contributed by atoms with Crippen molar-refractivity contribution in [2.45, 2.75) is 192 Å². The van der Waals surface area contributed by atoms with Crippen LogP contribution < -0.4 is 39.9 Å². The van der Waals surface area contributed by atoms with E-state index in [2.05, 4.69) is 64.4 Å². The Kier molecular flexibility index (Phi) is 25.7. The topological polar surface area (TPSA) is 331 Å². The van der Waals surface area contributed by atoms with Crippen molar-refractivity contribution in [1.82, 2.24) is 49.9 Å². The fraction of sp³-hybridized carbons (Fsp3) is 0.529. The number of hydrogen-bond donors (Lipinski definition) is 7. The number of unbranched alkanes of at least 4 members (excludes halogenated alkanes) is 3. The van der Waals surface area contributed by atoms with Crippen LogP contribution in [0.3, 0.4) is 0 Å². The molecule has 27 nitrogen and oxygen atoms in total. The van der Waals surface area contributed by atoms with Gasteiger partial charge >= 0.3 is 0 Å². The number of aliphatic hydroxyl groups is 2. The van der Waals surface area contributed by atoms with Crippen LogP contribution in [-0.4, -0.2) is 209 Å². The highest BCUT2D eigenvalue weighted by atomic mass is 35.5. The lowest BCUT2D eigenvalue weighted by molar-refractivity contribution is -0.384. The van der Waals surface area contributed by atoms with E-state index in [1.165, 1.54) is 22.1 Å². The highest BCUT2D eigenvalue weighted by Gasteiger charge is 2.46. The molecule has 626 valence electrons. The summed E-state index contributed by atoms with van der Waals surface area (Å²) in [5.74, 6) is -1.20. The van der Waals surface area contributed by atoms with Gasteiger partial charge < -0.3 is 60.2 Å². The molecule has 7 N–H and O–H groups in total. The quantitative estimate of drug-likeness (QED) is 0.0150. The molecule has 117 heavy (non-hydrogen) atoms. The summed E-state index contributed by atoms with van der Waals surface area (Å²) in [6.07, 6.45) is 11.4. The van der Waals surface area contributed by atoms with Gasteiger partial charge in [0.25, 0.3) is 21.6 Å². The van der Waals surface area contributed by atoms with Crippen molar-refractivity contribution in [3.63, 3.8) is 0 Å². The molecule has 0 spiro atoms. The van der Waals surface area contributed by atoms with Gasteiger partial charge in [-0.3, -0.25) is 43.9 Å². The van der Waals surface area contributed by atoms with Crippen molar-refractivity contribution in [3.8, 4) is 22.1 Å². The number of anilines is 4. The normalized spacial score (nSPS) is 22.7. The molecule has 5 amide bonds. The van der Waals surface area contributed by atoms with Gasteiger partial charge in [-0.1, -0.05) is 94.1 Å². The minimum Gasteiger partial charge on any atom is -0.489 e. The molecule has 1 saturated carbocycles. The molecule has 8 heterocycles. The number of thiazole rings is 1. The van der Waals surface area contributed by atoms with Crippen LogP contribution in [-0.2, 0) is 29.2 Å². The number of sulfonamides is 1. The van der Waals surface area contributed by atoms with Crippen LogP contribution in [0.25, 0.3) is 27.0 Å². The molecule has 0 unspecified atom stereocenters. The van der Waals surface area contributed by atoms with E-state index in [1.54, 1.807) is 23.6 Å². The lowest BCUT2D eigenvalue weighted by Crippen LogP contribution is -2.57. The van der Waals surface area contributed by atoms with Crippen LogP contribution >= 0.6 is 22.9 Å². The zero-order valence-corrected chi connectivity index (χ0v) is 70.5. The molecule has 2 aliphatic carbocycles. The van der Waals surface area contributed by atoms with E-state index in [0.717, 1.165) is 129 Å². The summed E-state index contributed by atoms with van der Waals surface area (Å²) in [7, 11) is -4.75. The Morgan fingerprint density at radius 3 is 2.26 bits per heavy atom. The number of allylic oxidation sites excluding steroid dienone is 1. The van der Waals surface area contributed by atoms with Crippen molar-refractivity contribution in [2.24, 2.45) is 16.7 Å². The number of aromatic nitrogens is 3. The number of hydrogen-bond acceptors (Lipinski definition) is 21. The first-order valence-corrected chi connectivity index (χ1v) is 44.2. The smallest absolute Gasteiger partial charge is 0.297 e. The van der Waals surface area contributed by atoms with Gasteiger partial charge in [-0.25, -0.2) is 18.1 Å². The lowest BCUT2D eigenvalue weighted by Gasteiger charge is -2.44. The standard InChI is InChI=1S/C87H111ClN14O13S2/c1-55(58-15-17-60(18-16-58)78-56(2)90-54-116-78)91-82(107)72-46-66(103)51-101(72)84(108)79(85(3,4)5)93-75(104)13-10-8-9-11-14-76(105)99-40-36-97(37-41-99)53-86(6)29-27-62(69(49-86)59-19-21-63(88)22-20-59)50-96-34-38-98(39-35-96)65-23-24-68(70(45-65)100-33-12-42-114-83-73(100)44-61-28-32-89-80(61)94-83)81(106)95-117(112,113)67-47-71(102(110)111)77-74(48-67)115-52-64(92-77)43-57-25-30-87(7,109)31-26-57/h15-24,28,32,44-45,47-48,54-55,57,64,66,72,79,92,103,109H,8-14,25-27,29-31,33-43,46,49-53H2,1-7H3,(H,89,94)(H,91,107)(H,93,104)(H,95,106)/t55-,57?,64-,66+,72-,79+,86-,87?/m0/s1. The maximum atomic E-state index is 14.8. The summed E-state index contributed by atoms with van der Waals surface area (Å²) >= 11 is 8.10. The number of nitrogens with one attached hydrogen (secondary N) is 5. The summed E-state index contributed by atoms with van der Waals surface area (Å²) in [6.45, 7) is 22.0. The fourth-order valence-corrected chi connectivity index (χ4v) is 19.9. The molecule has 4 fully saturated rings. The molecule has 7 aliphatic rings. The number of piperazine rings is 2. The Balaban J connectivity index is 0.561. The first-order chi connectivity index (χ1) is 55.9. The maximum Gasteiger partial charge on any atom is 0.297 e. The maximum absolute atomic E-state index is 14.8. The number of aliphatic hydroxyl groups excluding tert-OH is 1. The zero-order valence-electron chi connectivity index (χ0n) is 68.1. The highest BCUT2D eigenvalue weighted by molar-refractivity contribution is 7.90. The second-order valence-electron chi connectivity index (χ2n) is 34.9. The largest absolute Gasteiger partial charge is 0.489 e. The first kappa shape index (κ1) is 84.2. The predicted octanol–water partition coefficient (Wildman–Crippen LogP) is 12.7. The van der Waals surface area contributed by atoms with E-state index in [9.17, 15) is 52.7 Å². The van der Waals surface area contributed by atoms with Crippen molar-refractivity contribution in [1.29, 1.82) is 0 Å². The number of ether oxygens (including phenoxy) is 2. The number of aryl methyl sites for hydroxylation is 1. The van der Waals surface area contributed by atoms with Gasteiger partial charge in [0.2, 0.25) is 29.5 Å². The van der Waals surface area contributed by atoms with Gasteiger partial charge in [0.1, 0.15) is 30.0 Å². The molecular weight excluding hydrogens is 1550 g/mol. The van der Waals surface area contributed by atoms with Gasteiger partial charge in [-0.05, 0) is 173 Å². The van der Waals surface area contributed by atoms with Crippen molar-refractivity contribution >= 4 is 108 Å². The van der Waals surface area contributed by atoms with E-state index >= 15 is 0 Å². The van der Waals surface area contributed by atoms with Crippen LogP contribution in [0.2, 0.25) is 5.02 Å². The number of benzene rings is 4. The summed E-state index contributed by atoms with van der Waals surface area (Å²) in [5, 5.41) is 44.8. The molecule has 7 aromatic rings. The SMILES string of the molecule is Cc1ncsc1-c1ccc([C@H](C)NC(=O)[C@@H]2C[C@@H](O)CN2C(=O)[C@@H](NC(=O)CCCCCCC(=O)N2CCN(C[C@@]3(C)CCC(CN4CCN(c5ccc(C(=O)NS(=O)(=O)c6cc7c(c([N+](=O)[O-])c6)N[C@@H](CC6CCC(C)(O)CC6)CO7)c(N6CCCOc7nc8[nH]ccc8cc76)c5)CC4)=C(c4ccc(Cl)cc4)C3)CC2)C(C)(C)C)cc1. The van der Waals surface area contributed by atoms with E-state index in [0.29, 0.717) is 112 Å². The average Bonchev–Trinajstić information content (AvgIpc) is 1.36. The van der Waals surface area contributed by atoms with Crippen molar-refractivity contribution < 1.29 is 57.0 Å². The molecule has 30 heteroatoms. The number of pyridine rings is 1. The highest BCUT2D eigenvalue weighted by Crippen LogP contribution is 2.47. The Morgan fingerprint density at radius 2 is 1.56 bits per heavy atom. The summed E-state index contributed by atoms with van der Waals surface area (Å²) in [4.78, 5) is 108. The van der Waals surface area contributed by atoms with E-state index in [-0.39, 0.29) is 84.1 Å². The minimum atomic E-state index is -4.75. The molecule has 14 rings (SSSR count). The molecule has 3 saturated heterocycles. The third-order valence-electron chi connectivity index (χ3n) is 24.8. The third-order valence-corrected chi connectivity index (χ3v) is 27.3. The second-order valence-corrected chi connectivity index (χ2v) is 37.9. The molecule has 4 aromatic carbocycles. The number of likely N-dealkylation sites (tertiary alicyclic amines) is 1. The Labute approximate surface area is 693 Å². The number of β-amino-alcohol motifs (C(OH)–C–C–N with tert-alkyl or cyclic N) is 1. The lowest BCUT2D eigenvalue weighted by atomic mass is 9.70. The summed E-state index contributed by atoms with van der Waals surface area (Å²) < 4.78 is 43.5. The van der Waals surface area contributed by atoms with E-state index in [4.69, 9.17) is 26.1 Å². The number of halogens is 1. The van der Waals surface area contributed by atoms with Gasteiger partial charge in [-0.2, -0.15) is 4.98 Å². The van der Waals surface area contributed by atoms with Gasteiger partial charge in [-0.15, -0.1) is 11.3 Å². The van der Waals surface area contributed by atoms with Crippen LogP contribution in [0, 0.1) is 33.8 Å². The van der Waals surface area contributed by atoms with Crippen molar-refractivity contribution in [2.75, 3.05) is 107 Å². The number of H-pyrrole nitrogens is 1. The molecular formula is C87H111ClN14O13S2. The van der Waals surface area contributed by atoms with Gasteiger partial charge in [0.05, 0.1) is 67.5 Å². The molecule has 6 atom stereocenters. The zero-order chi connectivity index (χ0) is 82.7. The van der Waals surface area contributed by atoms with Crippen LogP contribution in [0.1, 0.15) is 177 Å². The Morgan fingerprint density at radius 1 is 0.838 bits per heavy atom. The summed E-state index contributed by atoms with van der Waals surface area (Å²) in [5.41, 5.74) is 9.29. The average molecular weight is 1660 g/mol. The number of aromatic amines is 1. The number of rotatable bonds is 26. The number of amides is 5. The number of nitro benzene ring substituents is 1. The molecule has 5 aliphatic heterocycles. The number of nitrogens with zero attached hydrogens (tertiary/aromatic N) is 9. The molecule has 3 aromatic heterocycles. The first-order valence-electron chi connectivity index (χ1n) is 41.5. The number of nitro groups is 1. The van der Waals surface area contributed by atoms with Crippen LogP contribution in [0.4, 0.5) is 28.4 Å². The third kappa shape index (κ3) is 20.1. The van der Waals surface area contributed by atoms with Crippen molar-refractivity contribution in [3.05, 3.63) is 146 Å². The number of carbonyl (C=O) groups excluding carboxylic acids is 5. The monoisotopic (exact) mass is 1660 g/mol. The van der Waals surface area contributed by atoms with Gasteiger partial charge in [0.15, 0.2) is 11.4 Å². The summed E-state index contributed by atoms with van der Waals surface area (Å²) in [6, 6.07) is 25.1. The fourth-order valence-electron chi connectivity index (χ4n) is 18.0. The predicted molar refractivity (Wildman–Crippen MR) is 454 cm³/mol. The molecule has 0 radical (unpaired) electrons. The van der Waals surface area contributed by atoms with Crippen LogP contribution in [0.5, 0.6) is 11.6 Å². The molecule has 0 bridgehead atoms. The van der Waals surface area contributed by atoms with E-state index in [1.807, 2.05) is 118 Å². The van der Waals surface area contributed by atoms with E-state index < -0.39 is 66.5 Å². The number of fused-ring (bicyclic) bond motifs is 3. The van der Waals surface area contributed by atoms with Crippen LogP contribution in [0.15, 0.2) is 113 Å². The second kappa shape index (κ2) is 35.8. The Hall–Kier alpha value is -9.23. The number of carbonyl (C=O) groups is 5. The Bertz CT molecular complexity index is 4950. The minimum absolute atomic E-state index is 0.00854. The van der Waals surface area contributed by atoms with Gasteiger partial charge in [0, 0.05) is 132 Å².